The molecule has 3 saturated carbocycles. The molecule has 11 atom stereocenters. The smallest absolute Gasteiger partial charge is 0.373 e. The van der Waals surface area contributed by atoms with Crippen molar-refractivity contribution in [2.45, 2.75) is 117 Å². The number of thioether (sulfide) groups is 1. The van der Waals surface area contributed by atoms with Crippen molar-refractivity contribution < 1.29 is 57.2 Å². The van der Waals surface area contributed by atoms with Crippen LogP contribution in [0.5, 0.6) is 0 Å². The average Bonchev–Trinajstić information content (AvgIpc) is 3.69. The Morgan fingerprint density at radius 2 is 1.74 bits per heavy atom. The summed E-state index contributed by atoms with van der Waals surface area (Å²) < 4.78 is 46.7. The Kier molecular flexibility index (Phi) is 13.0. The topological polar surface area (TPSA) is 161 Å². The number of benzene rings is 2. The number of rotatable bonds is 13. The highest BCUT2D eigenvalue weighted by Gasteiger charge is 2.80. The van der Waals surface area contributed by atoms with Gasteiger partial charge in [0.15, 0.2) is 29.1 Å². The van der Waals surface area contributed by atoms with Gasteiger partial charge in [-0.1, -0.05) is 49.0 Å². The lowest BCUT2D eigenvalue weighted by atomic mass is 9.44. The van der Waals surface area contributed by atoms with Gasteiger partial charge in [-0.2, -0.15) is 21.4 Å². The predicted octanol–water partition coefficient (Wildman–Crippen LogP) is 6.50. The minimum atomic E-state index is -2.32. The molecule has 7 rings (SSSR count). The molecule has 4 aliphatic carbocycles. The molecule has 0 radical (unpaired) electrons. The zero-order chi connectivity index (χ0) is 42.2. The fraction of sp³-hybridized carbons (Fsp3) is 0.523. The van der Waals surface area contributed by atoms with Crippen LogP contribution in [0.25, 0.3) is 0 Å². The van der Waals surface area contributed by atoms with E-state index in [0.29, 0.717) is 31.2 Å². The van der Waals surface area contributed by atoms with E-state index in [-0.39, 0.29) is 47.8 Å². The molecule has 4 fully saturated rings. The first kappa shape index (κ1) is 43.9. The van der Waals surface area contributed by atoms with Gasteiger partial charge in [0.25, 0.3) is 0 Å². The van der Waals surface area contributed by atoms with E-state index in [2.05, 4.69) is 0 Å². The van der Waals surface area contributed by atoms with E-state index in [1.165, 1.54) is 42.6 Å². The van der Waals surface area contributed by atoms with E-state index in [4.69, 9.17) is 19.1 Å². The zero-order valence-corrected chi connectivity index (χ0v) is 34.4. The number of alkyl halides is 2. The first-order valence-electron chi connectivity index (χ1n) is 19.4. The maximum absolute atomic E-state index is 17.7. The summed E-state index contributed by atoms with van der Waals surface area (Å²) in [6.45, 7) is 4.32. The van der Waals surface area contributed by atoms with E-state index in [1.54, 1.807) is 6.92 Å². The lowest BCUT2D eigenvalue weighted by molar-refractivity contribution is -0.235. The maximum Gasteiger partial charge on any atom is 0.373 e. The van der Waals surface area contributed by atoms with Gasteiger partial charge in [0.05, 0.1) is 17.5 Å². The Balaban J connectivity index is 0.00000183. The molecule has 5 aliphatic rings. The molecule has 58 heavy (non-hydrogen) atoms. The van der Waals surface area contributed by atoms with Crippen LogP contribution in [0.15, 0.2) is 82.1 Å². The number of ether oxygens (including phenoxy) is 2. The lowest BCUT2D eigenvalue weighted by Crippen LogP contribution is -2.70. The number of carbonyl (C=O) groups excluding carboxylic acids is 6. The quantitative estimate of drug-likeness (QED) is 0.226. The number of carbonyl (C=O) groups is 4. The fourth-order valence-corrected chi connectivity index (χ4v) is 11.7. The lowest BCUT2D eigenvalue weighted by Gasteiger charge is -2.63. The van der Waals surface area contributed by atoms with Gasteiger partial charge in [-0.25, -0.2) is 8.78 Å². The molecular formula is C44H48F2O10S2. The monoisotopic (exact) mass is 838 g/mol. The zero-order valence-electron chi connectivity index (χ0n) is 32.8. The van der Waals surface area contributed by atoms with Gasteiger partial charge in [-0.15, -0.1) is 0 Å². The second kappa shape index (κ2) is 17.2. The Morgan fingerprint density at radius 1 is 1.03 bits per heavy atom. The number of aliphatic hydroxyl groups excluding tert-OH is 2. The van der Waals surface area contributed by atoms with Crippen LogP contribution < -0.4 is 0 Å². The predicted molar refractivity (Wildman–Crippen MR) is 210 cm³/mol. The van der Waals surface area contributed by atoms with E-state index in [1.807, 2.05) is 61.7 Å². The molecule has 2 aromatic carbocycles. The summed E-state index contributed by atoms with van der Waals surface area (Å²) in [5, 5.41) is 22.0. The van der Waals surface area contributed by atoms with Crippen molar-refractivity contribution in [3.05, 3.63) is 83.5 Å². The second-order valence-electron chi connectivity index (χ2n) is 16.3. The highest BCUT2D eigenvalue weighted by molar-refractivity contribution is 8.00. The highest BCUT2D eigenvalue weighted by atomic mass is 32.2. The highest BCUT2D eigenvalue weighted by Crippen LogP contribution is 2.72. The van der Waals surface area contributed by atoms with E-state index >= 15 is 8.78 Å². The number of fused-ring (bicyclic) bond motifs is 7. The molecule has 2 aromatic rings. The molecule has 0 aromatic heterocycles. The second-order valence-corrected chi connectivity index (χ2v) is 18.6. The average molecular weight is 839 g/mol. The number of halogens is 2. The summed E-state index contributed by atoms with van der Waals surface area (Å²) in [6, 6.07) is 15.2. The summed E-state index contributed by atoms with van der Waals surface area (Å²) >= 11 is 3.03. The molecule has 1 unspecified atom stereocenters. The molecular weight excluding hydrogens is 791 g/mol. The van der Waals surface area contributed by atoms with Gasteiger partial charge >= 0.3 is 6.15 Å². The van der Waals surface area contributed by atoms with Crippen molar-refractivity contribution >= 4 is 52.8 Å². The standard InChI is InChI=1S/C43H48F2O8S2.CO2/c1-24(54-4)35(49)10-6-8-27(47)17-25-7-5-9-30(18-25)55-29-13-11-26(12-14-29)39-52-38-21-31-32-20-34(44)33-19-28(48)15-16-40(33,2)42(32,45)36(50)22-41(31,3)43(38,53-39)37(51)23-46;2-1-3/h5,7,9,11-16,18-19,24,31-32,34,36,38-39,46,50H,6,8,10,17,20-23H2,1-4H3;/t24?,31-,32-,34-,36-,38+,39+,40-,41-,42-,43+;/m0./s1. The largest absolute Gasteiger partial charge is 0.390 e. The molecule has 0 spiro atoms. The first-order valence-corrected chi connectivity index (χ1v) is 21.5. The van der Waals surface area contributed by atoms with Gasteiger partial charge in [-0.05, 0) is 99.3 Å². The third kappa shape index (κ3) is 7.43. The van der Waals surface area contributed by atoms with Crippen LogP contribution in [-0.2, 0) is 44.7 Å². The molecule has 2 N–H and O–H groups in total. The summed E-state index contributed by atoms with van der Waals surface area (Å²) in [7, 11) is 0. The van der Waals surface area contributed by atoms with Gasteiger partial charge < -0.3 is 19.7 Å². The van der Waals surface area contributed by atoms with Crippen molar-refractivity contribution in [1.82, 2.24) is 0 Å². The molecule has 1 saturated heterocycles. The number of aliphatic hydroxyl groups is 2. The van der Waals surface area contributed by atoms with Crippen LogP contribution in [0.1, 0.15) is 76.7 Å². The molecule has 1 aliphatic heterocycles. The molecule has 10 nitrogen and oxygen atoms in total. The minimum absolute atomic E-state index is 0.0232. The van der Waals surface area contributed by atoms with Crippen molar-refractivity contribution in [2.75, 3.05) is 12.9 Å². The normalized spacial score (nSPS) is 34.9. The summed E-state index contributed by atoms with van der Waals surface area (Å²) in [6.07, 6.45) is 2.09. The van der Waals surface area contributed by atoms with Gasteiger partial charge in [0.2, 0.25) is 0 Å². The summed E-state index contributed by atoms with van der Waals surface area (Å²) in [4.78, 5) is 68.9. The fourth-order valence-electron chi connectivity index (χ4n) is 10.4. The third-order valence-electron chi connectivity index (χ3n) is 13.3. The Morgan fingerprint density at radius 3 is 2.41 bits per heavy atom. The van der Waals surface area contributed by atoms with Crippen LogP contribution in [0.3, 0.4) is 0 Å². The molecule has 0 amide bonds. The van der Waals surface area contributed by atoms with Crippen molar-refractivity contribution in [3.8, 4) is 0 Å². The van der Waals surface area contributed by atoms with Gasteiger partial charge in [0.1, 0.15) is 24.3 Å². The maximum atomic E-state index is 17.7. The number of ketones is 4. The molecule has 14 heteroatoms. The van der Waals surface area contributed by atoms with Crippen molar-refractivity contribution in [1.29, 1.82) is 0 Å². The van der Waals surface area contributed by atoms with Gasteiger partial charge in [0, 0.05) is 51.4 Å². The Hall–Kier alpha value is -3.62. The number of Topliss-reactive ketones (excluding diaryl/α,β-unsaturated/α-hetero) is 3. The Bertz CT molecular complexity index is 2030. The number of hydrogen-bond donors (Lipinski definition) is 2. The van der Waals surface area contributed by atoms with Gasteiger partial charge in [-0.3, -0.25) is 19.2 Å². The minimum Gasteiger partial charge on any atom is -0.390 e. The van der Waals surface area contributed by atoms with E-state index in [0.717, 1.165) is 21.4 Å². The van der Waals surface area contributed by atoms with Crippen LogP contribution in [-0.4, -0.2) is 87.3 Å². The summed E-state index contributed by atoms with van der Waals surface area (Å²) in [5.41, 5.74) is -5.25. The van der Waals surface area contributed by atoms with Crippen molar-refractivity contribution in [2.24, 2.45) is 22.7 Å². The van der Waals surface area contributed by atoms with Crippen LogP contribution in [0, 0.1) is 22.7 Å². The van der Waals surface area contributed by atoms with E-state index in [9.17, 15) is 29.4 Å². The SMILES string of the molecule is CSC(C)C(=O)CCCC(=O)Cc1cccc(Sc2ccc([C@@H]3O[C@@H]4C[C@H]5[C@@H]6C[C@H](F)C7=CC(=O)C=C[C@]7(C)[C@@]6(F)[C@@H](O)C[C@]5(C)[C@]4(C(=O)CO)O3)cc2)c1.O=C=O. The van der Waals surface area contributed by atoms with Crippen molar-refractivity contribution in [3.63, 3.8) is 0 Å². The first-order chi connectivity index (χ1) is 27.5. The Labute approximate surface area is 344 Å². The molecule has 1 heterocycles. The van der Waals surface area contributed by atoms with E-state index < -0.39 is 76.8 Å². The molecule has 0 bridgehead atoms. The van der Waals surface area contributed by atoms with Crippen LogP contribution in [0.4, 0.5) is 8.78 Å². The van der Waals surface area contributed by atoms with Crippen LogP contribution >= 0.6 is 23.5 Å². The number of allylic oxidation sites excluding steroid dienone is 4. The number of hydrogen-bond acceptors (Lipinski definition) is 12. The third-order valence-corrected chi connectivity index (χ3v) is 15.3. The molecule has 310 valence electrons. The summed E-state index contributed by atoms with van der Waals surface area (Å²) in [5.74, 6) is -2.45. The van der Waals surface area contributed by atoms with Crippen LogP contribution in [0.2, 0.25) is 0 Å².